The van der Waals surface area contributed by atoms with Crippen LogP contribution in [0.4, 0.5) is 0 Å². The van der Waals surface area contributed by atoms with Crippen LogP contribution in [0.1, 0.15) is 50.2 Å². The van der Waals surface area contributed by atoms with E-state index in [0.717, 1.165) is 31.2 Å². The molecule has 32 heavy (non-hydrogen) atoms. The minimum Gasteiger partial charge on any atom is -0.484 e. The highest BCUT2D eigenvalue weighted by molar-refractivity contribution is 6.36. The monoisotopic (exact) mass is 476 g/mol. The number of hydrogen-bond acceptors (Lipinski definition) is 3. The van der Waals surface area contributed by atoms with Crippen LogP contribution >= 0.6 is 23.2 Å². The molecule has 1 aliphatic rings. The van der Waals surface area contributed by atoms with Gasteiger partial charge in [0.15, 0.2) is 6.61 Å². The summed E-state index contributed by atoms with van der Waals surface area (Å²) in [5.74, 6) is 0.157. The molecule has 1 aliphatic carbocycles. The molecule has 0 radical (unpaired) electrons. The number of benzene rings is 2. The molecule has 0 bridgehead atoms. The summed E-state index contributed by atoms with van der Waals surface area (Å²) in [7, 11) is 0. The van der Waals surface area contributed by atoms with Gasteiger partial charge in [-0.3, -0.25) is 9.59 Å². The molecular weight excluding hydrogens is 447 g/mol. The highest BCUT2D eigenvalue weighted by Crippen LogP contribution is 2.27. The van der Waals surface area contributed by atoms with E-state index in [4.69, 9.17) is 27.9 Å². The fourth-order valence-electron chi connectivity index (χ4n) is 4.00. The van der Waals surface area contributed by atoms with Gasteiger partial charge in [0, 0.05) is 28.2 Å². The lowest BCUT2D eigenvalue weighted by Gasteiger charge is -2.32. The van der Waals surface area contributed by atoms with Crippen LogP contribution in [-0.2, 0) is 16.1 Å². The summed E-state index contributed by atoms with van der Waals surface area (Å²) in [6, 6.07) is 12.2. The first-order chi connectivity index (χ1) is 15.4. The number of hydrogen-bond donors (Lipinski definition) is 1. The van der Waals surface area contributed by atoms with E-state index in [0.29, 0.717) is 27.8 Å². The maximum atomic E-state index is 13.3. The van der Waals surface area contributed by atoms with Gasteiger partial charge in [-0.1, -0.05) is 66.7 Å². The summed E-state index contributed by atoms with van der Waals surface area (Å²) in [6.07, 6.45) is 4.65. The smallest absolute Gasteiger partial charge is 0.261 e. The van der Waals surface area contributed by atoms with E-state index >= 15 is 0 Å². The average Bonchev–Trinajstić information content (AvgIpc) is 3.28. The van der Waals surface area contributed by atoms with Crippen LogP contribution in [0, 0.1) is 6.92 Å². The van der Waals surface area contributed by atoms with Crippen LogP contribution in [0.15, 0.2) is 42.5 Å². The fraction of sp³-hybridized carbons (Fsp3) is 0.440. The molecule has 1 fully saturated rings. The summed E-state index contributed by atoms with van der Waals surface area (Å²) in [4.78, 5) is 28.0. The lowest BCUT2D eigenvalue weighted by atomic mass is 10.1. The molecule has 0 spiro atoms. The van der Waals surface area contributed by atoms with Crippen molar-refractivity contribution in [2.24, 2.45) is 0 Å². The minimum atomic E-state index is -0.642. The second kappa shape index (κ2) is 11.6. The quantitative estimate of drug-likeness (QED) is 0.516. The van der Waals surface area contributed by atoms with E-state index in [9.17, 15) is 9.59 Å². The Labute approximate surface area is 200 Å². The normalized spacial score (nSPS) is 14.8. The second-order valence-corrected chi connectivity index (χ2v) is 9.05. The Balaban J connectivity index is 1.80. The average molecular weight is 477 g/mol. The van der Waals surface area contributed by atoms with E-state index in [-0.39, 0.29) is 31.0 Å². The van der Waals surface area contributed by atoms with Crippen molar-refractivity contribution in [1.82, 2.24) is 10.2 Å². The predicted molar refractivity (Wildman–Crippen MR) is 128 cm³/mol. The molecule has 1 atom stereocenters. The van der Waals surface area contributed by atoms with Crippen molar-refractivity contribution < 1.29 is 14.3 Å². The number of carbonyl (C=O) groups is 2. The fourth-order valence-corrected chi connectivity index (χ4v) is 4.52. The molecule has 0 heterocycles. The van der Waals surface area contributed by atoms with Gasteiger partial charge in [0.25, 0.3) is 5.91 Å². The van der Waals surface area contributed by atoms with E-state index in [2.05, 4.69) is 5.32 Å². The number of rotatable bonds is 9. The summed E-state index contributed by atoms with van der Waals surface area (Å²) < 4.78 is 5.72. The van der Waals surface area contributed by atoms with Crippen LogP contribution in [0.5, 0.6) is 5.75 Å². The first-order valence-electron chi connectivity index (χ1n) is 11.1. The molecule has 3 rings (SSSR count). The van der Waals surface area contributed by atoms with Gasteiger partial charge in [-0.2, -0.15) is 0 Å². The number of carbonyl (C=O) groups excluding carboxylic acids is 2. The lowest BCUT2D eigenvalue weighted by Crippen LogP contribution is -2.52. The molecule has 2 amide bonds. The van der Waals surface area contributed by atoms with Crippen LogP contribution in [0.2, 0.25) is 10.0 Å². The number of nitrogens with zero attached hydrogens (tertiary/aromatic N) is 1. The van der Waals surface area contributed by atoms with Gasteiger partial charge in [-0.25, -0.2) is 0 Å². The van der Waals surface area contributed by atoms with E-state index in [1.54, 1.807) is 18.2 Å². The van der Waals surface area contributed by atoms with Gasteiger partial charge in [0.1, 0.15) is 11.8 Å². The predicted octanol–water partition coefficient (Wildman–Crippen LogP) is 5.55. The van der Waals surface area contributed by atoms with E-state index < -0.39 is 6.04 Å². The van der Waals surface area contributed by atoms with Gasteiger partial charge in [0.2, 0.25) is 5.91 Å². The first kappa shape index (κ1) is 24.4. The summed E-state index contributed by atoms with van der Waals surface area (Å²) in [5, 5.41) is 4.04. The molecular formula is C25H30Cl2N2O3. The third-order valence-corrected chi connectivity index (χ3v) is 6.57. The molecule has 7 heteroatoms. The Morgan fingerprint density at radius 1 is 1.09 bits per heavy atom. The highest BCUT2D eigenvalue weighted by Gasteiger charge is 2.31. The Hall–Kier alpha value is -2.24. The Kier molecular flexibility index (Phi) is 8.83. The molecule has 0 unspecified atom stereocenters. The largest absolute Gasteiger partial charge is 0.484 e. The number of halogens is 2. The maximum absolute atomic E-state index is 13.3. The highest BCUT2D eigenvalue weighted by atomic mass is 35.5. The minimum absolute atomic E-state index is 0.130. The zero-order chi connectivity index (χ0) is 23.1. The van der Waals surface area contributed by atoms with Crippen LogP contribution in [0.3, 0.4) is 0 Å². The molecule has 5 nitrogen and oxygen atoms in total. The first-order valence-corrected chi connectivity index (χ1v) is 11.9. The third kappa shape index (κ3) is 6.39. The zero-order valence-corrected chi connectivity index (χ0v) is 20.1. The van der Waals surface area contributed by atoms with E-state index in [1.165, 1.54) is 4.90 Å². The van der Waals surface area contributed by atoms with Gasteiger partial charge in [0.05, 0.1) is 0 Å². The summed E-state index contributed by atoms with van der Waals surface area (Å²) >= 11 is 12.8. The van der Waals surface area contributed by atoms with Gasteiger partial charge in [-0.05, 0) is 50.5 Å². The second-order valence-electron chi connectivity index (χ2n) is 8.24. The molecule has 2 aromatic rings. The maximum Gasteiger partial charge on any atom is 0.261 e. The Morgan fingerprint density at radius 3 is 2.31 bits per heavy atom. The van der Waals surface area contributed by atoms with E-state index in [1.807, 2.05) is 38.1 Å². The van der Waals surface area contributed by atoms with Crippen molar-refractivity contribution in [1.29, 1.82) is 0 Å². The van der Waals surface area contributed by atoms with Gasteiger partial charge < -0.3 is 15.0 Å². The van der Waals surface area contributed by atoms with Crippen LogP contribution in [-0.4, -0.2) is 35.4 Å². The van der Waals surface area contributed by atoms with Crippen LogP contribution in [0.25, 0.3) is 0 Å². The number of amides is 2. The summed E-state index contributed by atoms with van der Waals surface area (Å²) in [5.41, 5.74) is 1.72. The molecule has 0 saturated heterocycles. The van der Waals surface area contributed by atoms with Crippen LogP contribution < -0.4 is 10.1 Å². The number of nitrogens with one attached hydrogen (secondary N) is 1. The van der Waals surface area contributed by atoms with Crippen molar-refractivity contribution in [3.63, 3.8) is 0 Å². The zero-order valence-electron chi connectivity index (χ0n) is 18.6. The third-order valence-electron chi connectivity index (χ3n) is 5.86. The van der Waals surface area contributed by atoms with Gasteiger partial charge >= 0.3 is 0 Å². The molecule has 0 aliphatic heterocycles. The number of aryl methyl sites for hydroxylation is 1. The van der Waals surface area contributed by atoms with Crippen molar-refractivity contribution in [3.05, 3.63) is 63.6 Å². The van der Waals surface area contributed by atoms with Crippen molar-refractivity contribution in [2.45, 2.75) is 64.6 Å². The summed E-state index contributed by atoms with van der Waals surface area (Å²) in [6.45, 7) is 3.83. The molecule has 172 valence electrons. The van der Waals surface area contributed by atoms with Gasteiger partial charge in [-0.15, -0.1) is 0 Å². The molecule has 2 aromatic carbocycles. The lowest BCUT2D eigenvalue weighted by molar-refractivity contribution is -0.143. The Morgan fingerprint density at radius 2 is 1.72 bits per heavy atom. The van der Waals surface area contributed by atoms with Crippen molar-refractivity contribution in [3.8, 4) is 5.75 Å². The molecule has 1 N–H and O–H groups in total. The molecule has 0 aromatic heterocycles. The Bertz CT molecular complexity index is 907. The van der Waals surface area contributed by atoms with Crippen molar-refractivity contribution >= 4 is 35.0 Å². The standard InChI is InChI=1S/C25H30Cl2N2O3/c1-3-23(25(31)28-18-7-4-5-8-18)29(15-20-21(26)9-6-10-22(20)27)24(30)16-32-19-13-11-17(2)12-14-19/h6,9-14,18,23H,3-5,7-8,15-16H2,1-2H3,(H,28,31)/t23-/m1/s1. The van der Waals surface area contributed by atoms with Crippen molar-refractivity contribution in [2.75, 3.05) is 6.61 Å². The molecule has 1 saturated carbocycles. The SMILES string of the molecule is CC[C@H](C(=O)NC1CCCC1)N(Cc1c(Cl)cccc1Cl)C(=O)COc1ccc(C)cc1. The number of ether oxygens (including phenoxy) is 1. The topological polar surface area (TPSA) is 58.6 Å².